The Hall–Kier alpha value is -1.01. The first kappa shape index (κ1) is 14.4. The zero-order valence-electron chi connectivity index (χ0n) is 10.6. The molecule has 1 fully saturated rings. The molecule has 19 heavy (non-hydrogen) atoms. The quantitative estimate of drug-likeness (QED) is 0.865. The van der Waals surface area contributed by atoms with Crippen LogP contribution in [0.2, 0.25) is 5.28 Å². The lowest BCUT2D eigenvalue weighted by molar-refractivity contribution is -0.0361. The maximum absolute atomic E-state index is 13.1. The van der Waals surface area contributed by atoms with E-state index in [4.69, 9.17) is 16.3 Å². The molecule has 0 spiro atoms. The summed E-state index contributed by atoms with van der Waals surface area (Å²) in [5.41, 5.74) is 0.658. The monoisotopic (exact) mass is 291 g/mol. The Kier molecular flexibility index (Phi) is 4.52. The molecule has 1 saturated carbocycles. The highest BCUT2D eigenvalue weighted by molar-refractivity contribution is 6.28. The van der Waals surface area contributed by atoms with Crippen LogP contribution in [0, 0.1) is 0 Å². The van der Waals surface area contributed by atoms with Gasteiger partial charge in [0.2, 0.25) is 11.2 Å². The van der Waals surface area contributed by atoms with Crippen LogP contribution in [-0.2, 0) is 11.3 Å². The Morgan fingerprint density at radius 3 is 2.74 bits per heavy atom. The molecular weight excluding hydrogens is 276 g/mol. The van der Waals surface area contributed by atoms with Crippen LogP contribution >= 0.6 is 11.6 Å². The summed E-state index contributed by atoms with van der Waals surface area (Å²) < 4.78 is 31.1. The molecule has 106 valence electrons. The topological polar surface area (TPSA) is 47.0 Å². The summed E-state index contributed by atoms with van der Waals surface area (Å²) in [5, 5.41) is 3.26. The van der Waals surface area contributed by atoms with Crippen LogP contribution in [0.15, 0.2) is 6.07 Å². The van der Waals surface area contributed by atoms with Crippen molar-refractivity contribution in [3.63, 3.8) is 0 Å². The second kappa shape index (κ2) is 5.96. The van der Waals surface area contributed by atoms with Gasteiger partial charge >= 0.3 is 0 Å². The van der Waals surface area contributed by atoms with E-state index in [0.29, 0.717) is 31.0 Å². The predicted octanol–water partition coefficient (Wildman–Crippen LogP) is 3.27. The predicted molar refractivity (Wildman–Crippen MR) is 68.6 cm³/mol. The average Bonchev–Trinajstić information content (AvgIpc) is 2.32. The van der Waals surface area contributed by atoms with E-state index in [1.54, 1.807) is 13.2 Å². The molecule has 2 rings (SSSR count). The summed E-state index contributed by atoms with van der Waals surface area (Å²) >= 11 is 5.81. The van der Waals surface area contributed by atoms with Gasteiger partial charge < -0.3 is 10.1 Å². The smallest absolute Gasteiger partial charge is 0.248 e. The van der Waals surface area contributed by atoms with E-state index in [9.17, 15) is 8.78 Å². The maximum Gasteiger partial charge on any atom is 0.248 e. The largest absolute Gasteiger partial charge is 0.378 e. The molecule has 1 N–H and O–H groups in total. The van der Waals surface area contributed by atoms with Gasteiger partial charge in [-0.3, -0.25) is 0 Å². The molecule has 0 unspecified atom stereocenters. The number of nitrogens with zero attached hydrogens (tertiary/aromatic N) is 2. The van der Waals surface area contributed by atoms with E-state index in [-0.39, 0.29) is 24.2 Å². The van der Waals surface area contributed by atoms with Crippen molar-refractivity contribution in [3.05, 3.63) is 17.0 Å². The number of nitrogens with one attached hydrogen (secondary N) is 1. The molecule has 1 aliphatic carbocycles. The third kappa shape index (κ3) is 4.24. The standard InChI is InChI=1S/C12H16ClF2N3O/c1-19-7-9-6-10(18-11(13)17-9)16-8-2-4-12(14,15)5-3-8/h6,8H,2-5,7H2,1H3,(H,16,17,18). The van der Waals surface area contributed by atoms with Crippen molar-refractivity contribution in [2.24, 2.45) is 0 Å². The summed E-state index contributed by atoms with van der Waals surface area (Å²) in [4.78, 5) is 8.06. The molecule has 0 aliphatic heterocycles. The van der Waals surface area contributed by atoms with Gasteiger partial charge in [0.25, 0.3) is 0 Å². The number of hydrogen-bond acceptors (Lipinski definition) is 4. The van der Waals surface area contributed by atoms with E-state index >= 15 is 0 Å². The van der Waals surface area contributed by atoms with Gasteiger partial charge in [0.15, 0.2) is 0 Å². The van der Waals surface area contributed by atoms with Gasteiger partial charge in [-0.2, -0.15) is 0 Å². The lowest BCUT2D eigenvalue weighted by Gasteiger charge is -2.29. The van der Waals surface area contributed by atoms with E-state index < -0.39 is 5.92 Å². The first-order valence-electron chi connectivity index (χ1n) is 6.15. The summed E-state index contributed by atoms with van der Waals surface area (Å²) in [6.07, 6.45) is 0.672. The molecule has 1 heterocycles. The number of rotatable bonds is 4. The van der Waals surface area contributed by atoms with Gasteiger partial charge in [0.05, 0.1) is 12.3 Å². The second-order valence-corrected chi connectivity index (χ2v) is 5.06. The lowest BCUT2D eigenvalue weighted by atomic mass is 9.92. The van der Waals surface area contributed by atoms with Crippen molar-refractivity contribution in [1.82, 2.24) is 9.97 Å². The Morgan fingerprint density at radius 1 is 1.42 bits per heavy atom. The first-order chi connectivity index (χ1) is 8.98. The average molecular weight is 292 g/mol. The number of anilines is 1. The molecule has 0 bridgehead atoms. The Morgan fingerprint density at radius 2 is 2.11 bits per heavy atom. The molecule has 0 radical (unpaired) electrons. The van der Waals surface area contributed by atoms with Crippen molar-refractivity contribution in [2.45, 2.75) is 44.3 Å². The van der Waals surface area contributed by atoms with E-state index in [2.05, 4.69) is 15.3 Å². The normalized spacial score (nSPS) is 19.4. The van der Waals surface area contributed by atoms with Crippen molar-refractivity contribution in [3.8, 4) is 0 Å². The fourth-order valence-electron chi connectivity index (χ4n) is 2.15. The minimum absolute atomic E-state index is 0.000913. The van der Waals surface area contributed by atoms with Gasteiger partial charge in [-0.05, 0) is 24.4 Å². The van der Waals surface area contributed by atoms with Crippen LogP contribution in [0.1, 0.15) is 31.4 Å². The maximum atomic E-state index is 13.1. The molecule has 1 aliphatic rings. The highest BCUT2D eigenvalue weighted by atomic mass is 35.5. The summed E-state index contributed by atoms with van der Waals surface area (Å²) in [5.74, 6) is -1.97. The number of alkyl halides is 2. The Bertz CT molecular complexity index is 435. The SMILES string of the molecule is COCc1cc(NC2CCC(F)(F)CC2)nc(Cl)n1. The molecule has 1 aromatic rings. The number of methoxy groups -OCH3 is 1. The Balaban J connectivity index is 1.99. The third-order valence-electron chi connectivity index (χ3n) is 3.11. The molecule has 7 heteroatoms. The van der Waals surface area contributed by atoms with Crippen LogP contribution in [0.25, 0.3) is 0 Å². The zero-order chi connectivity index (χ0) is 13.9. The van der Waals surface area contributed by atoms with Gasteiger partial charge in [-0.15, -0.1) is 0 Å². The molecule has 0 aromatic carbocycles. The fourth-order valence-corrected chi connectivity index (χ4v) is 2.35. The highest BCUT2D eigenvalue weighted by Crippen LogP contribution is 2.34. The molecule has 4 nitrogen and oxygen atoms in total. The lowest BCUT2D eigenvalue weighted by Crippen LogP contribution is -2.32. The summed E-state index contributed by atoms with van der Waals surface area (Å²) in [7, 11) is 1.56. The van der Waals surface area contributed by atoms with Crippen molar-refractivity contribution in [2.75, 3.05) is 12.4 Å². The van der Waals surface area contributed by atoms with Gasteiger partial charge in [0.1, 0.15) is 5.82 Å². The number of halogens is 3. The van der Waals surface area contributed by atoms with Crippen molar-refractivity contribution in [1.29, 1.82) is 0 Å². The van der Waals surface area contributed by atoms with Crippen LogP contribution in [-0.4, -0.2) is 29.0 Å². The first-order valence-corrected chi connectivity index (χ1v) is 6.53. The summed E-state index contributed by atoms with van der Waals surface area (Å²) in [6, 6.07) is 1.73. The minimum Gasteiger partial charge on any atom is -0.378 e. The number of hydrogen-bond donors (Lipinski definition) is 1. The van der Waals surface area contributed by atoms with Crippen LogP contribution in [0.3, 0.4) is 0 Å². The van der Waals surface area contributed by atoms with Gasteiger partial charge in [-0.1, -0.05) is 0 Å². The fraction of sp³-hybridized carbons (Fsp3) is 0.667. The third-order valence-corrected chi connectivity index (χ3v) is 3.28. The zero-order valence-corrected chi connectivity index (χ0v) is 11.4. The summed E-state index contributed by atoms with van der Waals surface area (Å²) in [6.45, 7) is 0.333. The number of ether oxygens (including phenoxy) is 1. The van der Waals surface area contributed by atoms with E-state index in [1.807, 2.05) is 0 Å². The molecule has 0 atom stereocenters. The van der Waals surface area contributed by atoms with Crippen LogP contribution in [0.4, 0.5) is 14.6 Å². The van der Waals surface area contributed by atoms with E-state index in [0.717, 1.165) is 0 Å². The van der Waals surface area contributed by atoms with Crippen LogP contribution < -0.4 is 5.32 Å². The molecule has 1 aromatic heterocycles. The second-order valence-electron chi connectivity index (χ2n) is 4.72. The van der Waals surface area contributed by atoms with Crippen molar-refractivity contribution >= 4 is 17.4 Å². The minimum atomic E-state index is -2.53. The Labute approximate surface area is 115 Å². The van der Waals surface area contributed by atoms with Crippen LogP contribution in [0.5, 0.6) is 0 Å². The van der Waals surface area contributed by atoms with Gasteiger partial charge in [0, 0.05) is 32.1 Å². The van der Waals surface area contributed by atoms with E-state index in [1.165, 1.54) is 0 Å². The van der Waals surface area contributed by atoms with Gasteiger partial charge in [-0.25, -0.2) is 18.7 Å². The van der Waals surface area contributed by atoms with Crippen molar-refractivity contribution < 1.29 is 13.5 Å². The molecular formula is C12H16ClF2N3O. The molecule has 0 saturated heterocycles. The highest BCUT2D eigenvalue weighted by Gasteiger charge is 2.34. The number of aromatic nitrogens is 2. The molecule has 0 amide bonds.